The van der Waals surface area contributed by atoms with Gasteiger partial charge in [-0.2, -0.15) is 0 Å². The van der Waals surface area contributed by atoms with Gasteiger partial charge in [0.25, 0.3) is 0 Å². The molecule has 0 aromatic carbocycles. The average molecular weight is 261 g/mol. The molecule has 0 radical (unpaired) electrons. The third-order valence-electron chi connectivity index (χ3n) is 4.02. The molecule has 0 spiro atoms. The van der Waals surface area contributed by atoms with Crippen LogP contribution < -0.4 is 11.1 Å². The topological polar surface area (TPSA) is 68.0 Å². The number of amides is 1. The van der Waals surface area contributed by atoms with Gasteiger partial charge in [0.15, 0.2) is 0 Å². The first kappa shape index (κ1) is 14.0. The van der Waals surface area contributed by atoms with Gasteiger partial charge in [-0.25, -0.2) is 0 Å². The fourth-order valence-electron chi connectivity index (χ4n) is 2.83. The molecule has 4 heteroatoms. The van der Waals surface area contributed by atoms with E-state index in [-0.39, 0.29) is 18.0 Å². The number of rotatable bonds is 5. The van der Waals surface area contributed by atoms with Crippen LogP contribution in [0.4, 0.5) is 0 Å². The van der Waals surface area contributed by atoms with E-state index < -0.39 is 0 Å². The van der Waals surface area contributed by atoms with Crippen LogP contribution in [0.3, 0.4) is 0 Å². The highest BCUT2D eigenvalue weighted by molar-refractivity contribution is 5.76. The number of hydrogen-bond acceptors (Lipinski definition) is 3. The number of nitrogens with zero attached hydrogens (tertiary/aromatic N) is 1. The summed E-state index contributed by atoms with van der Waals surface area (Å²) in [5.41, 5.74) is 7.13. The summed E-state index contributed by atoms with van der Waals surface area (Å²) in [7, 11) is 0. The van der Waals surface area contributed by atoms with Crippen molar-refractivity contribution in [1.29, 1.82) is 0 Å². The Labute approximate surface area is 114 Å². The van der Waals surface area contributed by atoms with Crippen molar-refractivity contribution >= 4 is 5.91 Å². The van der Waals surface area contributed by atoms with Crippen LogP contribution in [0.2, 0.25) is 0 Å². The van der Waals surface area contributed by atoms with E-state index in [9.17, 15) is 4.79 Å². The zero-order chi connectivity index (χ0) is 13.7. The highest BCUT2D eigenvalue weighted by Crippen LogP contribution is 2.27. The lowest BCUT2D eigenvalue weighted by Gasteiger charge is -2.20. The van der Waals surface area contributed by atoms with Crippen molar-refractivity contribution in [2.24, 2.45) is 11.7 Å². The van der Waals surface area contributed by atoms with Crippen LogP contribution in [-0.2, 0) is 4.79 Å². The van der Waals surface area contributed by atoms with Crippen molar-refractivity contribution in [3.8, 4) is 0 Å². The van der Waals surface area contributed by atoms with Crippen LogP contribution in [-0.4, -0.2) is 16.9 Å². The first-order valence-corrected chi connectivity index (χ1v) is 7.15. The van der Waals surface area contributed by atoms with Crippen molar-refractivity contribution in [1.82, 2.24) is 10.3 Å². The van der Waals surface area contributed by atoms with E-state index in [1.165, 1.54) is 0 Å². The van der Waals surface area contributed by atoms with E-state index in [4.69, 9.17) is 5.73 Å². The van der Waals surface area contributed by atoms with E-state index in [1.807, 2.05) is 12.1 Å². The van der Waals surface area contributed by atoms with Gasteiger partial charge in [0.1, 0.15) is 0 Å². The third kappa shape index (κ3) is 3.77. The minimum atomic E-state index is 0.0770. The van der Waals surface area contributed by atoms with Gasteiger partial charge in [-0.05, 0) is 42.9 Å². The Morgan fingerprint density at radius 3 is 2.79 bits per heavy atom. The smallest absolute Gasteiger partial charge is 0.220 e. The Hall–Kier alpha value is -1.42. The highest BCUT2D eigenvalue weighted by atomic mass is 16.1. The van der Waals surface area contributed by atoms with Crippen LogP contribution >= 0.6 is 0 Å². The minimum absolute atomic E-state index is 0.0770. The molecule has 3 atom stereocenters. The minimum Gasteiger partial charge on any atom is -0.349 e. The van der Waals surface area contributed by atoms with Crippen LogP contribution in [0, 0.1) is 5.92 Å². The average Bonchev–Trinajstić information content (AvgIpc) is 2.82. The number of carbonyl (C=O) groups excluding carboxylic acids is 1. The van der Waals surface area contributed by atoms with Crippen molar-refractivity contribution in [2.45, 2.75) is 51.1 Å². The summed E-state index contributed by atoms with van der Waals surface area (Å²) in [6.07, 6.45) is 8.25. The second kappa shape index (κ2) is 6.66. The summed E-state index contributed by atoms with van der Waals surface area (Å²) in [6.45, 7) is 2.08. The zero-order valence-electron chi connectivity index (χ0n) is 11.5. The quantitative estimate of drug-likeness (QED) is 0.853. The maximum Gasteiger partial charge on any atom is 0.220 e. The van der Waals surface area contributed by atoms with Crippen molar-refractivity contribution in [3.63, 3.8) is 0 Å². The number of carbonyl (C=O) groups is 1. The molecule has 1 fully saturated rings. The predicted molar refractivity (Wildman–Crippen MR) is 75.3 cm³/mol. The second-order valence-corrected chi connectivity index (χ2v) is 5.37. The Bertz CT molecular complexity index is 407. The van der Waals surface area contributed by atoms with Gasteiger partial charge in [0.05, 0.1) is 6.04 Å². The summed E-state index contributed by atoms with van der Waals surface area (Å²) < 4.78 is 0. The molecule has 1 unspecified atom stereocenters. The van der Waals surface area contributed by atoms with E-state index in [0.29, 0.717) is 12.3 Å². The van der Waals surface area contributed by atoms with Crippen molar-refractivity contribution < 1.29 is 4.79 Å². The zero-order valence-corrected chi connectivity index (χ0v) is 11.5. The summed E-state index contributed by atoms with van der Waals surface area (Å²) >= 11 is 0. The summed E-state index contributed by atoms with van der Waals surface area (Å²) in [5, 5.41) is 3.11. The maximum absolute atomic E-state index is 12.1. The van der Waals surface area contributed by atoms with Gasteiger partial charge in [-0.3, -0.25) is 9.78 Å². The van der Waals surface area contributed by atoms with Gasteiger partial charge >= 0.3 is 0 Å². The Kier molecular flexibility index (Phi) is 4.91. The first-order valence-electron chi connectivity index (χ1n) is 7.15. The Balaban J connectivity index is 1.89. The lowest BCUT2D eigenvalue weighted by molar-refractivity contribution is -0.122. The number of pyridine rings is 1. The number of hydrogen-bond donors (Lipinski definition) is 2. The molecule has 1 aromatic heterocycles. The van der Waals surface area contributed by atoms with Gasteiger partial charge in [-0.1, -0.05) is 13.3 Å². The third-order valence-corrected chi connectivity index (χ3v) is 4.02. The molecular formula is C15H23N3O. The lowest BCUT2D eigenvalue weighted by Crippen LogP contribution is -2.33. The van der Waals surface area contributed by atoms with Crippen LogP contribution in [0.1, 0.15) is 50.6 Å². The molecule has 0 aliphatic heterocycles. The molecule has 3 N–H and O–H groups in total. The SMILES string of the molecule is CCC(NC(=O)C[C@@H]1CCC[C@H]1N)c1ccncc1. The van der Waals surface area contributed by atoms with Gasteiger partial charge in [0.2, 0.25) is 5.91 Å². The standard InChI is InChI=1S/C15H23N3O/c1-2-14(11-6-8-17-9-7-11)18-15(19)10-12-4-3-5-13(12)16/h6-9,12-14H,2-5,10,16H2,1H3,(H,18,19)/t12-,13+,14?/m0/s1. The molecule has 2 rings (SSSR count). The fourth-order valence-corrected chi connectivity index (χ4v) is 2.83. The Morgan fingerprint density at radius 1 is 1.47 bits per heavy atom. The molecule has 19 heavy (non-hydrogen) atoms. The van der Waals surface area contributed by atoms with Gasteiger partial charge in [-0.15, -0.1) is 0 Å². The molecule has 1 heterocycles. The molecule has 4 nitrogen and oxygen atoms in total. The largest absolute Gasteiger partial charge is 0.349 e. The monoisotopic (exact) mass is 261 g/mol. The molecule has 0 bridgehead atoms. The first-order chi connectivity index (χ1) is 9.20. The van der Waals surface area contributed by atoms with Crippen LogP contribution in [0.15, 0.2) is 24.5 Å². The Morgan fingerprint density at radius 2 is 2.21 bits per heavy atom. The molecule has 0 saturated heterocycles. The summed E-state index contributed by atoms with van der Waals surface area (Å²) in [4.78, 5) is 16.1. The van der Waals surface area contributed by atoms with Crippen LogP contribution in [0.5, 0.6) is 0 Å². The molecule has 1 amide bonds. The van der Waals surface area contributed by atoms with Gasteiger partial charge in [0, 0.05) is 24.9 Å². The number of nitrogens with two attached hydrogens (primary N) is 1. The van der Waals surface area contributed by atoms with Crippen molar-refractivity contribution in [3.05, 3.63) is 30.1 Å². The van der Waals surface area contributed by atoms with E-state index in [1.54, 1.807) is 12.4 Å². The molecule has 104 valence electrons. The maximum atomic E-state index is 12.1. The predicted octanol–water partition coefficient (Wildman–Crippen LogP) is 2.17. The molecule has 1 aliphatic carbocycles. The molecular weight excluding hydrogens is 238 g/mol. The molecule has 1 aliphatic rings. The van der Waals surface area contributed by atoms with E-state index >= 15 is 0 Å². The summed E-state index contributed by atoms with van der Waals surface area (Å²) in [5.74, 6) is 0.473. The molecule has 1 aromatic rings. The van der Waals surface area contributed by atoms with Crippen LogP contribution in [0.25, 0.3) is 0 Å². The van der Waals surface area contributed by atoms with Crippen molar-refractivity contribution in [2.75, 3.05) is 0 Å². The number of nitrogens with one attached hydrogen (secondary N) is 1. The molecule has 1 saturated carbocycles. The second-order valence-electron chi connectivity index (χ2n) is 5.37. The van der Waals surface area contributed by atoms with Gasteiger partial charge < -0.3 is 11.1 Å². The highest BCUT2D eigenvalue weighted by Gasteiger charge is 2.26. The fraction of sp³-hybridized carbons (Fsp3) is 0.600. The number of aromatic nitrogens is 1. The lowest BCUT2D eigenvalue weighted by atomic mass is 9.99. The van der Waals surface area contributed by atoms with E-state index in [2.05, 4.69) is 17.2 Å². The summed E-state index contributed by atoms with van der Waals surface area (Å²) in [6, 6.07) is 4.19. The normalized spacial score (nSPS) is 24.1. The van der Waals surface area contributed by atoms with E-state index in [0.717, 1.165) is 31.2 Å².